The van der Waals surface area contributed by atoms with Crippen LogP contribution in [0.25, 0.3) is 0 Å². The first-order valence-corrected chi connectivity index (χ1v) is 8.27. The van der Waals surface area contributed by atoms with Crippen LogP contribution in [0.1, 0.15) is 23.0 Å². The third-order valence-corrected chi connectivity index (χ3v) is 4.34. The molecule has 0 saturated carbocycles. The molecule has 7 heteroatoms. The quantitative estimate of drug-likeness (QED) is 0.565. The molecule has 0 unspecified atom stereocenters. The van der Waals surface area contributed by atoms with E-state index >= 15 is 0 Å². The summed E-state index contributed by atoms with van der Waals surface area (Å²) in [5, 5.41) is 3.19. The van der Waals surface area contributed by atoms with Crippen LogP contribution in [-0.4, -0.2) is 25.5 Å². The second-order valence-corrected chi connectivity index (χ2v) is 5.91. The van der Waals surface area contributed by atoms with Crippen LogP contribution < -0.4 is 5.32 Å². The molecule has 0 atom stereocenters. The fourth-order valence-electron chi connectivity index (χ4n) is 1.96. The van der Waals surface area contributed by atoms with E-state index < -0.39 is 0 Å². The summed E-state index contributed by atoms with van der Waals surface area (Å²) in [7, 11) is 0. The molecule has 0 radical (unpaired) electrons. The van der Waals surface area contributed by atoms with Crippen molar-refractivity contribution < 1.29 is 4.79 Å². The van der Waals surface area contributed by atoms with Gasteiger partial charge in [0.25, 0.3) is 0 Å². The van der Waals surface area contributed by atoms with Gasteiger partial charge in [0.05, 0.1) is 0 Å². The summed E-state index contributed by atoms with van der Waals surface area (Å²) in [4.78, 5) is 16.5. The molecule has 1 aromatic carbocycles. The van der Waals surface area contributed by atoms with Gasteiger partial charge in [0.2, 0.25) is 0 Å². The maximum atomic E-state index is 12.4. The van der Waals surface area contributed by atoms with Gasteiger partial charge < -0.3 is 0 Å². The number of carbonyl (C=O) groups is 1. The fraction of sp³-hybridized carbons (Fsp3) is 0.143. The molecule has 1 aliphatic heterocycles. The molecular weight excluding hydrogens is 355 g/mol. The van der Waals surface area contributed by atoms with Gasteiger partial charge in [0, 0.05) is 0 Å². The molecular formula is C14H11ClN4OSe. The predicted octanol–water partition coefficient (Wildman–Crippen LogP) is 3.90. The van der Waals surface area contributed by atoms with Crippen LogP contribution in [-0.2, 0) is 6.42 Å². The second-order valence-electron chi connectivity index (χ2n) is 4.42. The Morgan fingerprint density at radius 2 is 2.19 bits per heavy atom. The molecule has 2 aromatic rings. The molecule has 106 valence electrons. The van der Waals surface area contributed by atoms with Crippen molar-refractivity contribution in [2.45, 2.75) is 13.3 Å². The van der Waals surface area contributed by atoms with Gasteiger partial charge in [-0.25, -0.2) is 0 Å². The van der Waals surface area contributed by atoms with Crippen LogP contribution in [0.15, 0.2) is 38.3 Å². The van der Waals surface area contributed by atoms with E-state index in [9.17, 15) is 4.79 Å². The number of aromatic nitrogens is 1. The Bertz CT molecular complexity index is 800. The average Bonchev–Trinajstić information content (AvgIpc) is 2.96. The molecule has 1 N–H and O–H groups in total. The Morgan fingerprint density at radius 1 is 1.33 bits per heavy atom. The van der Waals surface area contributed by atoms with Gasteiger partial charge in [-0.2, -0.15) is 0 Å². The van der Waals surface area contributed by atoms with E-state index in [1.54, 1.807) is 12.1 Å². The van der Waals surface area contributed by atoms with Gasteiger partial charge in [0.1, 0.15) is 0 Å². The summed E-state index contributed by atoms with van der Waals surface area (Å²) in [5.41, 5.74) is 3.53. The average molecular weight is 366 g/mol. The third kappa shape index (κ3) is 2.97. The van der Waals surface area contributed by atoms with Crippen molar-refractivity contribution in [2.24, 2.45) is 7.92 Å². The SMILES string of the molecule is CCc1cc(C(=O)Nc2cccc3c2N=[Se]=N3)cc(Cl)n1. The monoisotopic (exact) mass is 366 g/mol. The summed E-state index contributed by atoms with van der Waals surface area (Å²) in [6, 6.07) is 8.87. The normalized spacial score (nSPS) is 11.9. The Kier molecular flexibility index (Phi) is 4.01. The minimum atomic E-state index is -0.225. The number of carbonyl (C=O) groups excluding carboxylic acids is 1. The summed E-state index contributed by atoms with van der Waals surface area (Å²) in [6.07, 6.45) is 0.721. The van der Waals surface area contributed by atoms with Gasteiger partial charge in [-0.1, -0.05) is 0 Å². The van der Waals surface area contributed by atoms with Crippen molar-refractivity contribution in [1.29, 1.82) is 0 Å². The van der Waals surface area contributed by atoms with Crippen molar-refractivity contribution in [1.82, 2.24) is 4.98 Å². The Balaban J connectivity index is 1.89. The molecule has 1 amide bonds. The van der Waals surface area contributed by atoms with Crippen molar-refractivity contribution >= 4 is 49.1 Å². The van der Waals surface area contributed by atoms with Gasteiger partial charge in [-0.05, 0) is 0 Å². The van der Waals surface area contributed by atoms with Crippen molar-refractivity contribution in [2.75, 3.05) is 5.32 Å². The van der Waals surface area contributed by atoms with E-state index in [0.29, 0.717) is 16.4 Å². The number of amides is 1. The summed E-state index contributed by atoms with van der Waals surface area (Å²) >= 11 is 5.82. The van der Waals surface area contributed by atoms with Crippen molar-refractivity contribution in [3.05, 3.63) is 46.7 Å². The number of nitrogens with zero attached hydrogens (tertiary/aromatic N) is 3. The Hall–Kier alpha value is -1.75. The van der Waals surface area contributed by atoms with E-state index in [-0.39, 0.29) is 20.5 Å². The third-order valence-electron chi connectivity index (χ3n) is 3.01. The van der Waals surface area contributed by atoms with Crippen LogP contribution in [0, 0.1) is 0 Å². The van der Waals surface area contributed by atoms with Crippen LogP contribution in [0.3, 0.4) is 0 Å². The van der Waals surface area contributed by atoms with Gasteiger partial charge in [-0.15, -0.1) is 0 Å². The number of hydrogen-bond donors (Lipinski definition) is 1. The van der Waals surface area contributed by atoms with Crippen LogP contribution >= 0.6 is 11.6 Å². The Labute approximate surface area is 132 Å². The first-order chi connectivity index (χ1) is 10.2. The summed E-state index contributed by atoms with van der Waals surface area (Å²) < 4.78 is 8.63. The Morgan fingerprint density at radius 3 is 3.00 bits per heavy atom. The number of halogens is 1. The molecule has 0 aliphatic carbocycles. The van der Waals surface area contributed by atoms with E-state index in [0.717, 1.165) is 23.5 Å². The summed E-state index contributed by atoms with van der Waals surface area (Å²) in [6.45, 7) is 1.97. The predicted molar refractivity (Wildman–Crippen MR) is 83.0 cm³/mol. The van der Waals surface area contributed by atoms with E-state index in [2.05, 4.69) is 18.2 Å². The molecule has 1 aliphatic rings. The number of hydrogen-bond acceptors (Lipinski definition) is 4. The first kappa shape index (κ1) is 14.2. The molecule has 0 fully saturated rings. The number of nitrogens with one attached hydrogen (secondary N) is 1. The molecule has 1 aromatic heterocycles. The zero-order valence-corrected chi connectivity index (χ0v) is 13.6. The number of benzene rings is 1. The zero-order chi connectivity index (χ0) is 14.8. The van der Waals surface area contributed by atoms with E-state index in [4.69, 9.17) is 11.6 Å². The molecule has 21 heavy (non-hydrogen) atoms. The van der Waals surface area contributed by atoms with E-state index in [1.165, 1.54) is 0 Å². The molecule has 0 bridgehead atoms. The maximum absolute atomic E-state index is 12.4. The number of aryl methyl sites for hydroxylation is 1. The van der Waals surface area contributed by atoms with Crippen LogP contribution in [0.4, 0.5) is 17.1 Å². The number of anilines is 1. The topological polar surface area (TPSA) is 66.7 Å². The standard InChI is InChI=1S/C14H11ClN4OSe/c1-2-9-6-8(7-12(15)16-9)14(20)17-10-4-3-5-11-13(10)19-21-18-11/h3-7H,2H2,1H3,(H,17,20). The van der Waals surface area contributed by atoms with Gasteiger partial charge in [-0.3, -0.25) is 0 Å². The van der Waals surface area contributed by atoms with Gasteiger partial charge in [0.15, 0.2) is 0 Å². The minimum absolute atomic E-state index is 0.126. The second kappa shape index (κ2) is 5.93. The fourth-order valence-corrected chi connectivity index (χ4v) is 3.34. The van der Waals surface area contributed by atoms with E-state index in [1.807, 2.05) is 25.1 Å². The molecule has 5 nitrogen and oxygen atoms in total. The van der Waals surface area contributed by atoms with Crippen molar-refractivity contribution in [3.63, 3.8) is 0 Å². The van der Waals surface area contributed by atoms with Crippen LogP contribution in [0.5, 0.6) is 0 Å². The first-order valence-electron chi connectivity index (χ1n) is 6.36. The van der Waals surface area contributed by atoms with Crippen molar-refractivity contribution in [3.8, 4) is 0 Å². The summed E-state index contributed by atoms with van der Waals surface area (Å²) in [5.74, 6) is -0.225. The van der Waals surface area contributed by atoms with Crippen LogP contribution in [0.2, 0.25) is 5.15 Å². The molecule has 2 heterocycles. The molecule has 3 rings (SSSR count). The number of pyridine rings is 1. The molecule has 0 saturated heterocycles. The number of rotatable bonds is 3. The number of fused-ring (bicyclic) bond motifs is 1. The molecule has 0 spiro atoms. The zero-order valence-electron chi connectivity index (χ0n) is 11.1. The van der Waals surface area contributed by atoms with Gasteiger partial charge >= 0.3 is 132 Å².